The van der Waals surface area contributed by atoms with Crippen molar-refractivity contribution < 1.29 is 4.39 Å². The highest BCUT2D eigenvalue weighted by Gasteiger charge is 2.19. The smallest absolute Gasteiger partial charge is 0.125 e. The number of aromatic nitrogens is 1. The summed E-state index contributed by atoms with van der Waals surface area (Å²) in [5, 5.41) is 6.72. The summed E-state index contributed by atoms with van der Waals surface area (Å²) in [6, 6.07) is 4.72. The highest BCUT2D eigenvalue weighted by atomic mass is 35.5. The van der Waals surface area contributed by atoms with E-state index in [1.54, 1.807) is 17.4 Å². The van der Waals surface area contributed by atoms with Gasteiger partial charge in [0.15, 0.2) is 0 Å². The van der Waals surface area contributed by atoms with E-state index in [-0.39, 0.29) is 17.9 Å². The van der Waals surface area contributed by atoms with Gasteiger partial charge in [-0.3, -0.25) is 0 Å². The molecule has 1 heterocycles. The maximum Gasteiger partial charge on any atom is 0.125 e. The average molecular weight is 299 g/mol. The molecule has 1 aromatic carbocycles. The van der Waals surface area contributed by atoms with E-state index in [2.05, 4.69) is 10.3 Å². The molecular formula is C14H16ClFN2S. The zero-order valence-corrected chi connectivity index (χ0v) is 12.6. The molecule has 0 fully saturated rings. The van der Waals surface area contributed by atoms with Gasteiger partial charge in [0.2, 0.25) is 0 Å². The number of nitrogens with one attached hydrogen (secondary N) is 1. The molecule has 0 saturated heterocycles. The van der Waals surface area contributed by atoms with Crippen LogP contribution in [0.3, 0.4) is 0 Å². The third-order valence-corrected chi connectivity index (χ3v) is 3.85. The minimum atomic E-state index is -0.327. The van der Waals surface area contributed by atoms with Crippen LogP contribution in [0.15, 0.2) is 23.6 Å². The first kappa shape index (κ1) is 14.4. The number of thiazole rings is 1. The largest absolute Gasteiger partial charge is 0.302 e. The molecule has 2 aromatic rings. The summed E-state index contributed by atoms with van der Waals surface area (Å²) in [7, 11) is 0. The molecule has 1 atom stereocenters. The second-order valence-electron chi connectivity index (χ2n) is 4.78. The molecule has 19 heavy (non-hydrogen) atoms. The Bertz CT molecular complexity index is 548. The van der Waals surface area contributed by atoms with E-state index < -0.39 is 0 Å². The molecule has 0 radical (unpaired) electrons. The van der Waals surface area contributed by atoms with Crippen LogP contribution in [-0.4, -0.2) is 11.0 Å². The zero-order chi connectivity index (χ0) is 14.0. The lowest BCUT2D eigenvalue weighted by atomic mass is 10.1. The number of aryl methyl sites for hydroxylation is 1. The predicted octanol–water partition coefficient (Wildman–Crippen LogP) is 4.33. The third kappa shape index (κ3) is 3.75. The van der Waals surface area contributed by atoms with Gasteiger partial charge >= 0.3 is 0 Å². The lowest BCUT2D eigenvalue weighted by Gasteiger charge is -2.20. The van der Waals surface area contributed by atoms with Gasteiger partial charge in [0.1, 0.15) is 10.8 Å². The molecule has 1 aromatic heterocycles. The Balaban J connectivity index is 2.42. The summed E-state index contributed by atoms with van der Waals surface area (Å²) in [6.07, 6.45) is 0. The maximum absolute atomic E-state index is 13.5. The zero-order valence-electron chi connectivity index (χ0n) is 11.1. The van der Waals surface area contributed by atoms with E-state index in [1.165, 1.54) is 12.1 Å². The number of benzene rings is 1. The summed E-state index contributed by atoms with van der Waals surface area (Å²) in [5.41, 5.74) is 1.77. The minimum absolute atomic E-state index is 0.133. The van der Waals surface area contributed by atoms with Gasteiger partial charge in [-0.05, 0) is 44.5 Å². The van der Waals surface area contributed by atoms with Crippen LogP contribution < -0.4 is 5.32 Å². The second-order valence-corrected chi connectivity index (χ2v) is 6.11. The molecular weight excluding hydrogens is 283 g/mol. The van der Waals surface area contributed by atoms with Crippen molar-refractivity contribution in [2.45, 2.75) is 32.9 Å². The molecule has 0 aliphatic rings. The Morgan fingerprint density at radius 2 is 2.05 bits per heavy atom. The SMILES string of the molecule is Cc1csc(C(NC(C)C)c2cc(F)cc(Cl)c2)n1. The molecule has 5 heteroatoms. The van der Waals surface area contributed by atoms with Crippen molar-refractivity contribution in [1.29, 1.82) is 0 Å². The number of halogens is 2. The van der Waals surface area contributed by atoms with Gasteiger partial charge < -0.3 is 5.32 Å². The van der Waals surface area contributed by atoms with Crippen LogP contribution in [0, 0.1) is 12.7 Å². The second kappa shape index (κ2) is 5.99. The summed E-state index contributed by atoms with van der Waals surface area (Å²) >= 11 is 7.51. The summed E-state index contributed by atoms with van der Waals surface area (Å²) in [4.78, 5) is 4.49. The van der Waals surface area contributed by atoms with Crippen molar-refractivity contribution in [2.75, 3.05) is 0 Å². The van der Waals surface area contributed by atoms with Crippen LogP contribution in [-0.2, 0) is 0 Å². The van der Waals surface area contributed by atoms with Gasteiger partial charge in [0, 0.05) is 22.1 Å². The minimum Gasteiger partial charge on any atom is -0.302 e. The topological polar surface area (TPSA) is 24.9 Å². The van der Waals surface area contributed by atoms with Gasteiger partial charge in [-0.2, -0.15) is 0 Å². The van der Waals surface area contributed by atoms with E-state index in [1.807, 2.05) is 26.2 Å². The summed E-state index contributed by atoms with van der Waals surface area (Å²) < 4.78 is 13.5. The van der Waals surface area contributed by atoms with E-state index in [0.29, 0.717) is 5.02 Å². The Hall–Kier alpha value is -0.970. The summed E-state index contributed by atoms with van der Waals surface area (Å²) in [5.74, 6) is -0.327. The Morgan fingerprint density at radius 1 is 1.32 bits per heavy atom. The number of hydrogen-bond donors (Lipinski definition) is 1. The molecule has 0 aliphatic carbocycles. The molecule has 0 bridgehead atoms. The molecule has 2 rings (SSSR count). The van der Waals surface area contributed by atoms with E-state index in [4.69, 9.17) is 11.6 Å². The number of rotatable bonds is 4. The normalized spacial score (nSPS) is 12.9. The van der Waals surface area contributed by atoms with E-state index >= 15 is 0 Å². The van der Waals surface area contributed by atoms with Gasteiger partial charge in [-0.15, -0.1) is 11.3 Å². The number of hydrogen-bond acceptors (Lipinski definition) is 3. The highest BCUT2D eigenvalue weighted by Crippen LogP contribution is 2.28. The molecule has 0 amide bonds. The molecule has 102 valence electrons. The van der Waals surface area contributed by atoms with Gasteiger partial charge in [-0.1, -0.05) is 11.6 Å². The summed E-state index contributed by atoms with van der Waals surface area (Å²) in [6.45, 7) is 6.05. The lowest BCUT2D eigenvalue weighted by Crippen LogP contribution is -2.29. The molecule has 0 saturated carbocycles. The van der Waals surface area contributed by atoms with Crippen LogP contribution in [0.2, 0.25) is 5.02 Å². The van der Waals surface area contributed by atoms with Crippen LogP contribution in [0.4, 0.5) is 4.39 Å². The first-order chi connectivity index (χ1) is 8.95. The van der Waals surface area contributed by atoms with Crippen molar-refractivity contribution in [3.63, 3.8) is 0 Å². The van der Waals surface area contributed by atoms with Crippen LogP contribution in [0.5, 0.6) is 0 Å². The van der Waals surface area contributed by atoms with Crippen LogP contribution >= 0.6 is 22.9 Å². The van der Waals surface area contributed by atoms with Crippen molar-refractivity contribution >= 4 is 22.9 Å². The van der Waals surface area contributed by atoms with Gasteiger partial charge in [0.25, 0.3) is 0 Å². The van der Waals surface area contributed by atoms with Crippen molar-refractivity contribution in [2.24, 2.45) is 0 Å². The third-order valence-electron chi connectivity index (χ3n) is 2.60. The highest BCUT2D eigenvalue weighted by molar-refractivity contribution is 7.09. The van der Waals surface area contributed by atoms with Crippen LogP contribution in [0.1, 0.15) is 36.2 Å². The first-order valence-corrected chi connectivity index (χ1v) is 7.35. The Kier molecular flexibility index (Phi) is 4.55. The fourth-order valence-corrected chi connectivity index (χ4v) is 3.00. The molecule has 2 nitrogen and oxygen atoms in total. The number of nitrogens with zero attached hydrogens (tertiary/aromatic N) is 1. The Morgan fingerprint density at radius 3 is 2.58 bits per heavy atom. The van der Waals surface area contributed by atoms with Gasteiger partial charge in [-0.25, -0.2) is 9.37 Å². The lowest BCUT2D eigenvalue weighted by molar-refractivity contribution is 0.523. The molecule has 1 unspecified atom stereocenters. The molecule has 0 aliphatic heterocycles. The fraction of sp³-hybridized carbons (Fsp3) is 0.357. The van der Waals surface area contributed by atoms with Crippen molar-refractivity contribution in [1.82, 2.24) is 10.3 Å². The Labute approximate surface area is 121 Å². The molecule has 0 spiro atoms. The first-order valence-electron chi connectivity index (χ1n) is 6.10. The fourth-order valence-electron chi connectivity index (χ4n) is 1.89. The van der Waals surface area contributed by atoms with Gasteiger partial charge in [0.05, 0.1) is 6.04 Å². The van der Waals surface area contributed by atoms with Crippen molar-refractivity contribution in [3.05, 3.63) is 50.7 Å². The van der Waals surface area contributed by atoms with Crippen molar-refractivity contribution in [3.8, 4) is 0 Å². The van der Waals surface area contributed by atoms with E-state index in [9.17, 15) is 4.39 Å². The predicted molar refractivity (Wildman–Crippen MR) is 78.4 cm³/mol. The van der Waals surface area contributed by atoms with E-state index in [0.717, 1.165) is 16.3 Å². The maximum atomic E-state index is 13.5. The monoisotopic (exact) mass is 298 g/mol. The quantitative estimate of drug-likeness (QED) is 0.908. The molecule has 1 N–H and O–H groups in total. The average Bonchev–Trinajstić information content (AvgIpc) is 2.71. The van der Waals surface area contributed by atoms with Crippen LogP contribution in [0.25, 0.3) is 0 Å². The standard InChI is InChI=1S/C14H16ClFN2S/c1-8(2)17-13(14-18-9(3)7-19-14)10-4-11(15)6-12(16)5-10/h4-8,13,17H,1-3H3.